The zero-order chi connectivity index (χ0) is 14.8. The van der Waals surface area contributed by atoms with Crippen molar-refractivity contribution in [3.63, 3.8) is 0 Å². The number of hydrogen-bond acceptors (Lipinski definition) is 3. The van der Waals surface area contributed by atoms with E-state index in [9.17, 15) is 4.79 Å². The molecule has 1 saturated carbocycles. The minimum atomic E-state index is -0.488. The van der Waals surface area contributed by atoms with Crippen LogP contribution in [0.25, 0.3) is 0 Å². The van der Waals surface area contributed by atoms with Crippen LogP contribution in [0.2, 0.25) is 0 Å². The summed E-state index contributed by atoms with van der Waals surface area (Å²) in [4.78, 5) is 11.2. The Morgan fingerprint density at radius 1 is 1.65 bits per heavy atom. The van der Waals surface area contributed by atoms with E-state index in [1.165, 1.54) is 0 Å². The molecule has 1 aliphatic carbocycles. The monoisotopic (exact) mass is 318 g/mol. The van der Waals surface area contributed by atoms with Crippen LogP contribution in [0.5, 0.6) is 0 Å². The number of hydrogen-bond donors (Lipinski definition) is 2. The quantitative estimate of drug-likeness (QED) is 0.759. The van der Waals surface area contributed by atoms with Crippen molar-refractivity contribution in [3.05, 3.63) is 12.4 Å². The maximum atomic E-state index is 11.2. The van der Waals surface area contributed by atoms with Crippen LogP contribution in [0.15, 0.2) is 12.4 Å². The van der Waals surface area contributed by atoms with Crippen LogP contribution in [0.1, 0.15) is 26.2 Å². The molecule has 1 aliphatic rings. The van der Waals surface area contributed by atoms with Gasteiger partial charge >= 0.3 is 0 Å². The lowest BCUT2D eigenvalue weighted by Gasteiger charge is -2.13. The second kappa shape index (κ2) is 6.22. The summed E-state index contributed by atoms with van der Waals surface area (Å²) in [5.41, 5.74) is 0.917. The first-order valence-corrected chi connectivity index (χ1v) is 7.53. The average Bonchev–Trinajstić information content (AvgIpc) is 2.78. The van der Waals surface area contributed by atoms with Gasteiger partial charge in [-0.1, -0.05) is 0 Å². The third-order valence-corrected chi connectivity index (χ3v) is 4.46. The molecule has 0 aliphatic heterocycles. The van der Waals surface area contributed by atoms with Gasteiger partial charge in [-0.2, -0.15) is 5.10 Å². The highest BCUT2D eigenvalue weighted by Gasteiger charge is 2.50. The van der Waals surface area contributed by atoms with E-state index in [2.05, 4.69) is 22.7 Å². The molecule has 5 nitrogen and oxygen atoms in total. The molecule has 1 fully saturated rings. The van der Waals surface area contributed by atoms with Gasteiger partial charge in [-0.05, 0) is 32.1 Å². The summed E-state index contributed by atoms with van der Waals surface area (Å²) in [7, 11) is 1.61. The molecular weight excluding hydrogens is 299 g/mol. The van der Waals surface area contributed by atoms with Crippen molar-refractivity contribution >= 4 is 34.8 Å². The van der Waals surface area contributed by atoms with Crippen molar-refractivity contribution in [1.29, 1.82) is 0 Å². The lowest BCUT2D eigenvalue weighted by Crippen LogP contribution is -2.23. The molecule has 2 unspecified atom stereocenters. The zero-order valence-corrected chi connectivity index (χ0v) is 13.2. The third kappa shape index (κ3) is 4.28. The van der Waals surface area contributed by atoms with Crippen molar-refractivity contribution in [2.45, 2.75) is 43.1 Å². The van der Waals surface area contributed by atoms with Crippen molar-refractivity contribution in [1.82, 2.24) is 15.1 Å². The number of halogens is 2. The minimum absolute atomic E-state index is 0.0676. The maximum absolute atomic E-state index is 11.2. The van der Waals surface area contributed by atoms with E-state index in [0.29, 0.717) is 12.0 Å². The second-order valence-electron chi connectivity index (χ2n) is 5.38. The first kappa shape index (κ1) is 15.4. The van der Waals surface area contributed by atoms with E-state index < -0.39 is 4.33 Å². The van der Waals surface area contributed by atoms with Crippen molar-refractivity contribution in [2.24, 2.45) is 5.92 Å². The van der Waals surface area contributed by atoms with Crippen LogP contribution >= 0.6 is 23.2 Å². The predicted octanol–water partition coefficient (Wildman–Crippen LogP) is 2.40. The molecule has 20 heavy (non-hydrogen) atoms. The number of nitrogens with zero attached hydrogens (tertiary/aromatic N) is 2. The lowest BCUT2D eigenvalue weighted by atomic mass is 10.1. The molecule has 0 bridgehead atoms. The van der Waals surface area contributed by atoms with Crippen LogP contribution < -0.4 is 10.6 Å². The van der Waals surface area contributed by atoms with Crippen LogP contribution in [0.3, 0.4) is 0 Å². The van der Waals surface area contributed by atoms with Gasteiger partial charge in [0.2, 0.25) is 5.91 Å². The van der Waals surface area contributed by atoms with E-state index in [1.807, 2.05) is 6.20 Å². The number of carbonyl (C=O) groups is 1. The molecule has 2 atom stereocenters. The Morgan fingerprint density at radius 2 is 2.35 bits per heavy atom. The summed E-state index contributed by atoms with van der Waals surface area (Å²) < 4.78 is 1.12. The minimum Gasteiger partial charge on any atom is -0.380 e. The molecule has 1 aromatic rings. The predicted molar refractivity (Wildman–Crippen MR) is 81.2 cm³/mol. The summed E-state index contributed by atoms with van der Waals surface area (Å²) in [6, 6.07) is 0.317. The Labute approximate surface area is 129 Å². The number of amides is 1. The molecule has 1 heterocycles. The van der Waals surface area contributed by atoms with Crippen molar-refractivity contribution < 1.29 is 4.79 Å². The van der Waals surface area contributed by atoms with E-state index in [4.69, 9.17) is 23.2 Å². The Bertz CT molecular complexity index is 475. The van der Waals surface area contributed by atoms with E-state index in [0.717, 1.165) is 24.9 Å². The largest absolute Gasteiger partial charge is 0.380 e. The topological polar surface area (TPSA) is 59.0 Å². The molecule has 0 saturated heterocycles. The maximum Gasteiger partial charge on any atom is 0.241 e. The highest BCUT2D eigenvalue weighted by Crippen LogP contribution is 2.55. The number of carbonyl (C=O) groups excluding carboxylic acids is 1. The average molecular weight is 319 g/mol. The Balaban J connectivity index is 1.74. The summed E-state index contributed by atoms with van der Waals surface area (Å²) in [6.45, 7) is 2.35. The summed E-state index contributed by atoms with van der Waals surface area (Å²) in [5, 5.41) is 10.1. The highest BCUT2D eigenvalue weighted by molar-refractivity contribution is 6.50. The normalized spacial score (nSPS) is 21.3. The van der Waals surface area contributed by atoms with Gasteiger partial charge in [0.15, 0.2) is 0 Å². The fourth-order valence-electron chi connectivity index (χ4n) is 2.14. The Hall–Kier alpha value is -0.940. The van der Waals surface area contributed by atoms with Gasteiger partial charge < -0.3 is 10.6 Å². The first-order valence-electron chi connectivity index (χ1n) is 6.78. The van der Waals surface area contributed by atoms with Crippen LogP contribution in [0, 0.1) is 5.92 Å². The molecule has 2 N–H and O–H groups in total. The van der Waals surface area contributed by atoms with E-state index in [1.54, 1.807) is 17.9 Å². The molecule has 0 spiro atoms. The number of anilines is 1. The summed E-state index contributed by atoms with van der Waals surface area (Å²) >= 11 is 12.0. The van der Waals surface area contributed by atoms with Gasteiger partial charge in [0.1, 0.15) is 10.9 Å². The van der Waals surface area contributed by atoms with Crippen LogP contribution in [-0.2, 0) is 11.3 Å². The number of rotatable bonds is 7. The highest BCUT2D eigenvalue weighted by atomic mass is 35.5. The van der Waals surface area contributed by atoms with E-state index in [-0.39, 0.29) is 12.5 Å². The van der Waals surface area contributed by atoms with Gasteiger partial charge in [0, 0.05) is 19.3 Å². The van der Waals surface area contributed by atoms with Gasteiger partial charge in [0.25, 0.3) is 0 Å². The molecular formula is C13H20Cl2N4O. The molecule has 7 heteroatoms. The molecule has 0 radical (unpaired) electrons. The number of nitrogens with one attached hydrogen (secondary N) is 2. The summed E-state index contributed by atoms with van der Waals surface area (Å²) in [5.74, 6) is 0.355. The Kier molecular flexibility index (Phi) is 4.81. The number of alkyl halides is 2. The molecule has 0 aromatic carbocycles. The number of aromatic nitrogens is 2. The first-order chi connectivity index (χ1) is 9.40. The molecule has 1 amide bonds. The smallest absolute Gasteiger partial charge is 0.241 e. The third-order valence-electron chi connectivity index (χ3n) is 3.53. The SMILES string of the molecule is CNC(=O)Cn1cc(NC(C)CCC2CC2(Cl)Cl)cn1. The molecule has 2 rings (SSSR count). The molecule has 1 aromatic heterocycles. The summed E-state index contributed by atoms with van der Waals surface area (Å²) in [6.07, 6.45) is 6.48. The van der Waals surface area contributed by atoms with Crippen LogP contribution in [0.4, 0.5) is 5.69 Å². The van der Waals surface area contributed by atoms with Crippen molar-refractivity contribution in [2.75, 3.05) is 12.4 Å². The van der Waals surface area contributed by atoms with Crippen LogP contribution in [-0.4, -0.2) is 33.1 Å². The Morgan fingerprint density at radius 3 is 2.95 bits per heavy atom. The van der Waals surface area contributed by atoms with Gasteiger partial charge in [-0.15, -0.1) is 23.2 Å². The fraction of sp³-hybridized carbons (Fsp3) is 0.692. The van der Waals surface area contributed by atoms with Crippen molar-refractivity contribution in [3.8, 4) is 0 Å². The van der Waals surface area contributed by atoms with Gasteiger partial charge in [0.05, 0.1) is 11.9 Å². The zero-order valence-electron chi connectivity index (χ0n) is 11.7. The fourth-order valence-corrected chi connectivity index (χ4v) is 2.73. The van der Waals surface area contributed by atoms with Gasteiger partial charge in [-0.3, -0.25) is 9.48 Å². The van der Waals surface area contributed by atoms with E-state index >= 15 is 0 Å². The second-order valence-corrected chi connectivity index (χ2v) is 6.93. The lowest BCUT2D eigenvalue weighted by molar-refractivity contribution is -0.121. The van der Waals surface area contributed by atoms with Gasteiger partial charge in [-0.25, -0.2) is 0 Å². The molecule has 112 valence electrons. The number of likely N-dealkylation sites (N-methyl/N-ethyl adjacent to an activating group) is 1. The standard InChI is InChI=1S/C13H20Cl2N4O/c1-9(3-4-10-5-13(10,14)15)18-11-6-17-19(7-11)8-12(20)16-2/h6-7,9-10,18H,3-5,8H2,1-2H3,(H,16,20).